The van der Waals surface area contributed by atoms with Gasteiger partial charge in [0.15, 0.2) is 5.71 Å². The summed E-state index contributed by atoms with van der Waals surface area (Å²) in [4.78, 5) is 56.7. The van der Waals surface area contributed by atoms with Crippen LogP contribution < -0.4 is 15.5 Å². The monoisotopic (exact) mass is 1790 g/mol. The molecule has 4 N–H and O–H groups in total. The van der Waals surface area contributed by atoms with Gasteiger partial charge in [-0.15, -0.1) is 0 Å². The van der Waals surface area contributed by atoms with Crippen molar-refractivity contribution in [3.63, 3.8) is 0 Å². The van der Waals surface area contributed by atoms with E-state index >= 15 is 0 Å². The summed E-state index contributed by atoms with van der Waals surface area (Å²) in [5, 5.41) is 15.3. The quantitative estimate of drug-likeness (QED) is 0.0158. The Morgan fingerprint density at radius 3 is 2.06 bits per heavy atom. The number of aryl methyl sites for hydroxylation is 1. The molecule has 1 spiro atoms. The lowest BCUT2D eigenvalue weighted by molar-refractivity contribution is -0.437. The Balaban J connectivity index is 1.000. The van der Waals surface area contributed by atoms with Crippen LogP contribution in [0.3, 0.4) is 0 Å². The number of rotatable bonds is 21. The number of nitrogens with one attached hydrogen (secondary N) is 2. The van der Waals surface area contributed by atoms with E-state index in [0.29, 0.717) is 55.7 Å². The van der Waals surface area contributed by atoms with Gasteiger partial charge in [0, 0.05) is 105 Å². The van der Waals surface area contributed by atoms with Crippen molar-refractivity contribution in [3.05, 3.63) is 153 Å². The second-order valence-electron chi connectivity index (χ2n) is 21.5. The van der Waals surface area contributed by atoms with Crippen LogP contribution in [-0.2, 0) is 35.3 Å². The van der Waals surface area contributed by atoms with E-state index in [4.69, 9.17) is 0 Å². The molecule has 81 heavy (non-hydrogen) atoms. The topological polar surface area (TPSA) is 176 Å². The largest absolute Gasteiger partial charge is 0.481 e. The van der Waals surface area contributed by atoms with E-state index < -0.39 is 27.5 Å². The molecule has 4 aromatic carbocycles. The highest BCUT2D eigenvalue weighted by molar-refractivity contribution is 14.1. The van der Waals surface area contributed by atoms with E-state index in [1.165, 1.54) is 33.2 Å². The van der Waals surface area contributed by atoms with Gasteiger partial charge in [0.2, 0.25) is 17.5 Å². The highest BCUT2D eigenvalue weighted by atomic mass is 127. The molecule has 20 heteroatoms. The Hall–Kier alpha value is -2.52. The summed E-state index contributed by atoms with van der Waals surface area (Å²) in [7, 11) is -4.16. The van der Waals surface area contributed by atoms with Crippen molar-refractivity contribution < 1.29 is 41.8 Å². The van der Waals surface area contributed by atoms with Gasteiger partial charge in [0.25, 0.3) is 16.0 Å². The molecule has 0 radical (unpaired) electrons. The minimum atomic E-state index is -4.16. The number of hydrogen-bond donors (Lipinski definition) is 4. The van der Waals surface area contributed by atoms with Crippen molar-refractivity contribution in [1.82, 2.24) is 4.90 Å². The fraction of sp³-hybridized carbons (Fsp3) is 0.393. The summed E-state index contributed by atoms with van der Waals surface area (Å²) >= 11 is 14.6. The summed E-state index contributed by atoms with van der Waals surface area (Å²) in [6.07, 6.45) is 23.2. The Bertz CT molecular complexity index is 3360. The molecule has 3 amide bonds. The van der Waals surface area contributed by atoms with Gasteiger partial charge in [-0.2, -0.15) is 13.0 Å². The number of carboxylic acid groups (broad SMARTS) is 1. The number of nitrogens with zero attached hydrogens (tertiary/aromatic N) is 3. The first kappa shape index (κ1) is 64.5. The van der Waals surface area contributed by atoms with Crippen LogP contribution in [0, 0.1) is 34.3 Å². The zero-order valence-corrected chi connectivity index (χ0v) is 59.1. The number of benzene rings is 4. The third kappa shape index (κ3) is 14.8. The van der Waals surface area contributed by atoms with Crippen LogP contribution in [0.4, 0.5) is 22.7 Å². The average molecular weight is 1790 g/mol. The Morgan fingerprint density at radius 2 is 1.41 bits per heavy atom. The fourth-order valence-electron chi connectivity index (χ4n) is 12.1. The number of carbonyl (C=O) groups excluding carboxylic acids is 3. The minimum Gasteiger partial charge on any atom is -0.481 e. The number of likely N-dealkylation sites (tertiary alicyclic amines) is 1. The highest BCUT2D eigenvalue weighted by Gasteiger charge is 2.55. The maximum Gasteiger partial charge on any atom is 0.303 e. The number of halogens is 6. The van der Waals surface area contributed by atoms with Gasteiger partial charge in [-0.1, -0.05) is 67.8 Å². The average Bonchev–Trinajstić information content (AvgIpc) is 3.96. The van der Waals surface area contributed by atoms with E-state index in [2.05, 4.69) is 206 Å². The van der Waals surface area contributed by atoms with Crippen LogP contribution in [0.2, 0.25) is 0 Å². The van der Waals surface area contributed by atoms with Crippen molar-refractivity contribution in [2.75, 3.05) is 40.9 Å². The van der Waals surface area contributed by atoms with Gasteiger partial charge in [0.1, 0.15) is 12.6 Å². The normalized spacial score (nSPS) is 21.3. The lowest BCUT2D eigenvalue weighted by Gasteiger charge is -2.37. The molecule has 4 aliphatic rings. The lowest BCUT2D eigenvalue weighted by Crippen LogP contribution is -2.48. The molecule has 8 rings (SSSR count). The number of aliphatic carboxylic acids is 1. The molecule has 13 nitrogen and oxygen atoms in total. The van der Waals surface area contributed by atoms with Crippen molar-refractivity contribution in [2.24, 2.45) is 5.92 Å². The van der Waals surface area contributed by atoms with Gasteiger partial charge in [0.05, 0.1) is 16.7 Å². The van der Waals surface area contributed by atoms with Crippen LogP contribution in [0.1, 0.15) is 124 Å². The maximum atomic E-state index is 14.6. The van der Waals surface area contributed by atoms with Gasteiger partial charge in [-0.05, 0) is 256 Å². The SMILES string of the molecule is CCC[N+]1=C(C=CC=CC=CC=C2N(CCCS(=O)(=O)O)c3cc(I)c(I)c(I)c3C2(C)CCCCCC(=O)O)C2(CCC(C(=O)N3CCCC3C(=O)Nc3ccc(NC(=O)c4ccc(C)cc4)cc3)CC2)c2c1cc(I)c(I)c2I. The lowest BCUT2D eigenvalue weighted by atomic mass is 9.64. The Kier molecular flexibility index (Phi) is 22.6. The Morgan fingerprint density at radius 1 is 0.778 bits per heavy atom. The number of hydrogen-bond acceptors (Lipinski definition) is 7. The van der Waals surface area contributed by atoms with E-state index in [9.17, 15) is 37.3 Å². The third-order valence-electron chi connectivity index (χ3n) is 16.0. The third-order valence-corrected chi connectivity index (χ3v) is 27.1. The van der Waals surface area contributed by atoms with Crippen molar-refractivity contribution in [1.29, 1.82) is 0 Å². The molecule has 4 aromatic rings. The van der Waals surface area contributed by atoms with Crippen LogP contribution in [0.5, 0.6) is 0 Å². The van der Waals surface area contributed by atoms with Crippen LogP contribution in [0.15, 0.2) is 109 Å². The van der Waals surface area contributed by atoms with Gasteiger partial charge in [-0.25, -0.2) is 0 Å². The Labute approximate surface area is 558 Å². The summed E-state index contributed by atoms with van der Waals surface area (Å²) in [6, 6.07) is 18.4. The molecule has 2 atom stereocenters. The molecule has 1 saturated heterocycles. The van der Waals surface area contributed by atoms with Crippen molar-refractivity contribution in [3.8, 4) is 0 Å². The molecular weight excluding hydrogens is 1720 g/mol. The van der Waals surface area contributed by atoms with Crippen LogP contribution in [-0.4, -0.2) is 88.4 Å². The van der Waals surface area contributed by atoms with E-state index in [1.54, 1.807) is 36.4 Å². The van der Waals surface area contributed by atoms with E-state index in [0.717, 1.165) is 79.1 Å². The standard InChI is InChI=1S/C61H65I6N5O8S/c1-4-32-70-47-37-44(63)54(65)56(67)52(47)61(30-27-40(28-31-61)59(77)72-33-13-15-45(72)58(76)69-42-25-23-41(24-26-42)68-57(75)39-21-19-38(2)20-22-39)49(70)17-10-7-5-6-9-16-48-60(3,29-12-8-11-18-50(73)74)51-46(36-43(62)53(64)55(51)66)71(48)34-14-35-81(78,79)80/h5-7,9-10,16-17,19-26,36-37,40,45H,4,8,11-15,18,27-35H2,1-3H3,(H3-,68,69,73,74,75,76,78,79,80)/p+1. The second kappa shape index (κ2) is 28.3. The zero-order chi connectivity index (χ0) is 58.4. The molecular formula is C61H66I6N5O8S+. The van der Waals surface area contributed by atoms with Crippen LogP contribution in [0.25, 0.3) is 0 Å². The smallest absolute Gasteiger partial charge is 0.303 e. The summed E-state index contributed by atoms with van der Waals surface area (Å²) in [5.41, 5.74) is 9.11. The predicted octanol–water partition coefficient (Wildman–Crippen LogP) is 15.1. The summed E-state index contributed by atoms with van der Waals surface area (Å²) in [5.74, 6) is -1.73. The molecule has 0 aromatic heterocycles. The number of unbranched alkanes of at least 4 members (excludes halogenated alkanes) is 2. The first-order valence-corrected chi connectivity index (χ1v) is 35.4. The highest BCUT2D eigenvalue weighted by Crippen LogP contribution is 2.55. The molecule has 1 aliphatic carbocycles. The maximum absolute atomic E-state index is 14.6. The second-order valence-corrected chi connectivity index (χ2v) is 29.7. The number of carboxylic acids is 1. The molecule has 3 aliphatic heterocycles. The zero-order valence-electron chi connectivity index (χ0n) is 45.4. The van der Waals surface area contributed by atoms with Crippen molar-refractivity contribution >= 4 is 198 Å². The van der Waals surface area contributed by atoms with E-state index in [-0.39, 0.29) is 47.6 Å². The molecule has 3 heterocycles. The molecule has 2 fully saturated rings. The molecule has 430 valence electrons. The van der Waals surface area contributed by atoms with Gasteiger partial charge in [-0.3, -0.25) is 23.7 Å². The fourth-order valence-corrected chi connectivity index (χ4v) is 17.9. The van der Waals surface area contributed by atoms with Crippen LogP contribution >= 0.6 is 136 Å². The minimum absolute atomic E-state index is 0.0481. The molecule has 0 bridgehead atoms. The number of allylic oxidation sites excluding steroid dienone is 8. The predicted molar refractivity (Wildman–Crippen MR) is 374 cm³/mol. The van der Waals surface area contributed by atoms with Gasteiger partial charge >= 0.3 is 5.97 Å². The first-order chi connectivity index (χ1) is 38.6. The summed E-state index contributed by atoms with van der Waals surface area (Å²) in [6.45, 7) is 8.19. The number of anilines is 3. The first-order valence-electron chi connectivity index (χ1n) is 27.4. The van der Waals surface area contributed by atoms with E-state index in [1.807, 2.05) is 42.2 Å². The number of carbonyl (C=O) groups is 4. The summed E-state index contributed by atoms with van der Waals surface area (Å²) < 4.78 is 43.1. The van der Waals surface area contributed by atoms with Gasteiger partial charge < -0.3 is 25.5 Å². The number of amides is 3. The van der Waals surface area contributed by atoms with Crippen molar-refractivity contribution in [2.45, 2.75) is 121 Å². The molecule has 1 saturated carbocycles. The number of fused-ring (bicyclic) bond motifs is 3. The molecule has 2 unspecified atom stereocenters.